The lowest BCUT2D eigenvalue weighted by Gasteiger charge is -2.25. The number of aryl methyl sites for hydroxylation is 1. The van der Waals surface area contributed by atoms with Gasteiger partial charge in [0.2, 0.25) is 0 Å². The zero-order chi connectivity index (χ0) is 9.97. The molecule has 2 rings (SSSR count). The number of benzene rings is 1. The van der Waals surface area contributed by atoms with E-state index in [1.54, 1.807) is 6.07 Å². The van der Waals surface area contributed by atoms with Crippen molar-refractivity contribution < 1.29 is 9.13 Å². The second-order valence-corrected chi connectivity index (χ2v) is 3.58. The first-order valence-corrected chi connectivity index (χ1v) is 4.84. The molecule has 3 heteroatoms. The fraction of sp³-hybridized carbons (Fsp3) is 0.455. The van der Waals surface area contributed by atoms with Crippen molar-refractivity contribution in [1.82, 2.24) is 5.32 Å². The molecule has 0 radical (unpaired) electrons. The van der Waals surface area contributed by atoms with Crippen molar-refractivity contribution in [2.45, 2.75) is 13.0 Å². The SMILES string of the molecule is Cc1cc(F)ccc1C1COCCN1. The summed E-state index contributed by atoms with van der Waals surface area (Å²) in [7, 11) is 0. The number of rotatable bonds is 1. The first-order valence-electron chi connectivity index (χ1n) is 4.84. The van der Waals surface area contributed by atoms with Crippen molar-refractivity contribution in [1.29, 1.82) is 0 Å². The molecule has 1 atom stereocenters. The fourth-order valence-corrected chi connectivity index (χ4v) is 1.80. The molecular weight excluding hydrogens is 181 g/mol. The Labute approximate surface area is 83.1 Å². The average Bonchev–Trinajstić information content (AvgIpc) is 2.19. The van der Waals surface area contributed by atoms with Gasteiger partial charge in [-0.15, -0.1) is 0 Å². The molecule has 1 unspecified atom stereocenters. The minimum absolute atomic E-state index is 0.178. The maximum atomic E-state index is 12.9. The van der Waals surface area contributed by atoms with Crippen molar-refractivity contribution in [2.75, 3.05) is 19.8 Å². The molecular formula is C11H14FNO. The van der Waals surface area contributed by atoms with E-state index in [0.717, 1.165) is 24.3 Å². The molecule has 76 valence electrons. The van der Waals surface area contributed by atoms with Crippen molar-refractivity contribution >= 4 is 0 Å². The molecule has 1 aliphatic rings. The van der Waals surface area contributed by atoms with Crippen LogP contribution in [0.2, 0.25) is 0 Å². The number of nitrogens with one attached hydrogen (secondary N) is 1. The van der Waals surface area contributed by atoms with Crippen LogP contribution in [0.3, 0.4) is 0 Å². The topological polar surface area (TPSA) is 21.3 Å². The predicted octanol–water partition coefficient (Wildman–Crippen LogP) is 1.80. The van der Waals surface area contributed by atoms with Gasteiger partial charge in [-0.05, 0) is 30.2 Å². The Morgan fingerprint density at radius 1 is 1.50 bits per heavy atom. The van der Waals surface area contributed by atoms with Crippen LogP contribution < -0.4 is 5.32 Å². The summed E-state index contributed by atoms with van der Waals surface area (Å²) >= 11 is 0. The highest BCUT2D eigenvalue weighted by Crippen LogP contribution is 2.20. The average molecular weight is 195 g/mol. The predicted molar refractivity (Wildman–Crippen MR) is 52.7 cm³/mol. The molecule has 0 aromatic heterocycles. The summed E-state index contributed by atoms with van der Waals surface area (Å²) in [5, 5.41) is 3.35. The molecule has 0 aliphatic carbocycles. The van der Waals surface area contributed by atoms with Gasteiger partial charge < -0.3 is 10.1 Å². The van der Waals surface area contributed by atoms with E-state index in [-0.39, 0.29) is 11.9 Å². The van der Waals surface area contributed by atoms with E-state index in [0.29, 0.717) is 6.61 Å². The van der Waals surface area contributed by atoms with Crippen LogP contribution in [0.25, 0.3) is 0 Å². The van der Waals surface area contributed by atoms with Gasteiger partial charge in [-0.1, -0.05) is 6.07 Å². The van der Waals surface area contributed by atoms with Crippen molar-refractivity contribution in [3.63, 3.8) is 0 Å². The summed E-state index contributed by atoms with van der Waals surface area (Å²) in [4.78, 5) is 0. The molecule has 0 amide bonds. The van der Waals surface area contributed by atoms with E-state index in [1.807, 2.05) is 13.0 Å². The molecule has 14 heavy (non-hydrogen) atoms. The van der Waals surface area contributed by atoms with Crippen LogP contribution in [-0.2, 0) is 4.74 Å². The molecule has 1 N–H and O–H groups in total. The number of morpholine rings is 1. The standard InChI is InChI=1S/C11H14FNO/c1-8-6-9(12)2-3-10(8)11-7-14-5-4-13-11/h2-3,6,11,13H,4-5,7H2,1H3. The van der Waals surface area contributed by atoms with Crippen LogP contribution in [0.1, 0.15) is 17.2 Å². The highest BCUT2D eigenvalue weighted by Gasteiger charge is 2.16. The van der Waals surface area contributed by atoms with E-state index in [1.165, 1.54) is 6.07 Å². The van der Waals surface area contributed by atoms with Crippen LogP contribution >= 0.6 is 0 Å². The highest BCUT2D eigenvalue weighted by molar-refractivity contribution is 5.29. The van der Waals surface area contributed by atoms with Gasteiger partial charge in [0.15, 0.2) is 0 Å². The molecule has 0 saturated carbocycles. The quantitative estimate of drug-likeness (QED) is 0.737. The second kappa shape index (κ2) is 4.07. The third-order valence-electron chi connectivity index (χ3n) is 2.53. The van der Waals surface area contributed by atoms with Crippen molar-refractivity contribution in [2.24, 2.45) is 0 Å². The lowest BCUT2D eigenvalue weighted by atomic mass is 10.0. The summed E-state index contributed by atoms with van der Waals surface area (Å²) in [6.07, 6.45) is 0. The normalized spacial score (nSPS) is 22.3. The number of hydrogen-bond donors (Lipinski definition) is 1. The zero-order valence-corrected chi connectivity index (χ0v) is 8.22. The summed E-state index contributed by atoms with van der Waals surface area (Å²) < 4.78 is 18.2. The van der Waals surface area contributed by atoms with Gasteiger partial charge in [-0.2, -0.15) is 0 Å². The Bertz CT molecular complexity index is 321. The van der Waals surface area contributed by atoms with Gasteiger partial charge in [-0.25, -0.2) is 4.39 Å². The first-order chi connectivity index (χ1) is 6.77. The summed E-state index contributed by atoms with van der Waals surface area (Å²) in [6.45, 7) is 4.22. The Morgan fingerprint density at radius 2 is 2.36 bits per heavy atom. The highest BCUT2D eigenvalue weighted by atomic mass is 19.1. The van der Waals surface area contributed by atoms with Crippen molar-refractivity contribution in [3.8, 4) is 0 Å². The van der Waals surface area contributed by atoms with Crippen LogP contribution in [0.5, 0.6) is 0 Å². The maximum absolute atomic E-state index is 12.9. The summed E-state index contributed by atoms with van der Waals surface area (Å²) in [6, 6.07) is 5.10. The Kier molecular flexibility index (Phi) is 2.79. The van der Waals surface area contributed by atoms with E-state index in [2.05, 4.69) is 5.32 Å². The van der Waals surface area contributed by atoms with Crippen LogP contribution in [0, 0.1) is 12.7 Å². The molecule has 1 fully saturated rings. The van der Waals surface area contributed by atoms with Crippen LogP contribution in [-0.4, -0.2) is 19.8 Å². The van der Waals surface area contributed by atoms with Crippen LogP contribution in [0.15, 0.2) is 18.2 Å². The lowest BCUT2D eigenvalue weighted by Crippen LogP contribution is -2.34. The van der Waals surface area contributed by atoms with E-state index in [9.17, 15) is 4.39 Å². The van der Waals surface area contributed by atoms with Gasteiger partial charge in [0.25, 0.3) is 0 Å². The van der Waals surface area contributed by atoms with Crippen molar-refractivity contribution in [3.05, 3.63) is 35.1 Å². The Balaban J connectivity index is 2.22. The largest absolute Gasteiger partial charge is 0.378 e. The molecule has 1 aromatic carbocycles. The Hall–Kier alpha value is -0.930. The third-order valence-corrected chi connectivity index (χ3v) is 2.53. The van der Waals surface area contributed by atoms with Gasteiger partial charge in [0.1, 0.15) is 5.82 Å². The molecule has 1 heterocycles. The summed E-state index contributed by atoms with van der Waals surface area (Å²) in [5.74, 6) is -0.178. The maximum Gasteiger partial charge on any atom is 0.123 e. The molecule has 0 spiro atoms. The minimum Gasteiger partial charge on any atom is -0.378 e. The minimum atomic E-state index is -0.178. The number of ether oxygens (including phenoxy) is 1. The van der Waals surface area contributed by atoms with Crippen LogP contribution in [0.4, 0.5) is 4.39 Å². The lowest BCUT2D eigenvalue weighted by molar-refractivity contribution is 0.0766. The van der Waals surface area contributed by atoms with E-state index < -0.39 is 0 Å². The molecule has 0 bridgehead atoms. The van der Waals surface area contributed by atoms with Gasteiger partial charge in [-0.3, -0.25) is 0 Å². The molecule has 2 nitrogen and oxygen atoms in total. The molecule has 1 aliphatic heterocycles. The number of halogens is 1. The number of hydrogen-bond acceptors (Lipinski definition) is 2. The van der Waals surface area contributed by atoms with Gasteiger partial charge in [0, 0.05) is 6.54 Å². The van der Waals surface area contributed by atoms with Gasteiger partial charge in [0.05, 0.1) is 19.3 Å². The first kappa shape index (κ1) is 9.62. The smallest absolute Gasteiger partial charge is 0.123 e. The fourth-order valence-electron chi connectivity index (χ4n) is 1.80. The second-order valence-electron chi connectivity index (χ2n) is 3.58. The van der Waals surface area contributed by atoms with E-state index in [4.69, 9.17) is 4.74 Å². The summed E-state index contributed by atoms with van der Waals surface area (Å²) in [5.41, 5.74) is 2.11. The van der Waals surface area contributed by atoms with Gasteiger partial charge >= 0.3 is 0 Å². The molecule has 1 aromatic rings. The molecule has 1 saturated heterocycles. The van der Waals surface area contributed by atoms with E-state index >= 15 is 0 Å². The Morgan fingerprint density at radius 3 is 3.00 bits per heavy atom. The zero-order valence-electron chi connectivity index (χ0n) is 8.22. The monoisotopic (exact) mass is 195 g/mol. The third kappa shape index (κ3) is 1.94.